The summed E-state index contributed by atoms with van der Waals surface area (Å²) < 4.78 is 24.7. The molecule has 1 N–H and O–H groups in total. The van der Waals surface area contributed by atoms with E-state index in [9.17, 15) is 14.0 Å². The largest absolute Gasteiger partial charge is 0.466 e. The van der Waals surface area contributed by atoms with Crippen LogP contribution >= 0.6 is 11.3 Å². The highest BCUT2D eigenvalue weighted by molar-refractivity contribution is 7.21. The highest BCUT2D eigenvalue weighted by Gasteiger charge is 2.20. The van der Waals surface area contributed by atoms with Crippen LogP contribution in [0.3, 0.4) is 0 Å². The maximum Gasteiger partial charge on any atom is 0.305 e. The highest BCUT2D eigenvalue weighted by Crippen LogP contribution is 2.33. The van der Waals surface area contributed by atoms with Crippen molar-refractivity contribution in [3.63, 3.8) is 0 Å². The molecular formula is C17H20FNO4S. The Labute approximate surface area is 143 Å². The number of benzene rings is 1. The van der Waals surface area contributed by atoms with E-state index in [1.54, 1.807) is 19.1 Å². The van der Waals surface area contributed by atoms with Gasteiger partial charge in [0.1, 0.15) is 5.82 Å². The van der Waals surface area contributed by atoms with E-state index in [1.165, 1.54) is 24.5 Å². The molecule has 1 aromatic carbocycles. The van der Waals surface area contributed by atoms with Gasteiger partial charge in [0.25, 0.3) is 5.91 Å². The summed E-state index contributed by atoms with van der Waals surface area (Å²) in [5.74, 6) is -0.931. The molecule has 1 aromatic heterocycles. The number of rotatable bonds is 8. The number of thiophene rings is 1. The summed E-state index contributed by atoms with van der Waals surface area (Å²) in [5.41, 5.74) is 0.554. The fourth-order valence-corrected chi connectivity index (χ4v) is 3.52. The number of nitrogens with one attached hydrogen (secondary N) is 1. The second-order valence-corrected chi connectivity index (χ2v) is 6.17. The molecule has 0 aliphatic rings. The molecule has 5 nitrogen and oxygen atoms in total. The molecule has 0 fully saturated rings. The van der Waals surface area contributed by atoms with E-state index in [-0.39, 0.29) is 30.7 Å². The van der Waals surface area contributed by atoms with E-state index < -0.39 is 0 Å². The molecule has 24 heavy (non-hydrogen) atoms. The molecule has 0 radical (unpaired) electrons. The van der Waals surface area contributed by atoms with Crippen LogP contribution in [0.15, 0.2) is 18.2 Å². The molecular weight excluding hydrogens is 333 g/mol. The molecule has 0 spiro atoms. The minimum absolute atomic E-state index is 0.159. The van der Waals surface area contributed by atoms with Crippen LogP contribution in [0.25, 0.3) is 10.1 Å². The third-order valence-corrected chi connectivity index (χ3v) is 4.60. The summed E-state index contributed by atoms with van der Waals surface area (Å²) in [4.78, 5) is 24.1. The van der Waals surface area contributed by atoms with Crippen molar-refractivity contribution in [1.29, 1.82) is 0 Å². The number of fused-ring (bicyclic) bond motifs is 1. The topological polar surface area (TPSA) is 64.6 Å². The molecule has 0 saturated heterocycles. The van der Waals surface area contributed by atoms with Crippen LogP contribution in [0, 0.1) is 5.82 Å². The third kappa shape index (κ3) is 4.30. The number of esters is 1. The van der Waals surface area contributed by atoms with Crippen LogP contribution in [0.2, 0.25) is 0 Å². The first-order chi connectivity index (χ1) is 11.6. The predicted molar refractivity (Wildman–Crippen MR) is 90.7 cm³/mol. The molecule has 130 valence electrons. The summed E-state index contributed by atoms with van der Waals surface area (Å²) in [7, 11) is 1.51. The Morgan fingerprint density at radius 3 is 2.83 bits per heavy atom. The lowest BCUT2D eigenvalue weighted by Crippen LogP contribution is -2.25. The first-order valence-corrected chi connectivity index (χ1v) is 8.52. The number of methoxy groups -OCH3 is 1. The van der Waals surface area contributed by atoms with Crippen molar-refractivity contribution in [3.05, 3.63) is 34.5 Å². The quantitative estimate of drug-likeness (QED) is 0.584. The van der Waals surface area contributed by atoms with Crippen molar-refractivity contribution in [2.24, 2.45) is 0 Å². The standard InChI is InChI=1S/C17H20FNO4S/c1-3-23-14(20)8-5-9-19-17(21)16-11(10-22-2)15-12(18)6-4-7-13(15)24-16/h4,6-7H,3,5,8-10H2,1-2H3,(H,19,21). The van der Waals surface area contributed by atoms with E-state index in [0.717, 1.165) is 0 Å². The van der Waals surface area contributed by atoms with Gasteiger partial charge in [0.2, 0.25) is 0 Å². The number of carbonyl (C=O) groups excluding carboxylic acids is 2. The lowest BCUT2D eigenvalue weighted by Gasteiger charge is -2.06. The zero-order valence-corrected chi connectivity index (χ0v) is 14.5. The average molecular weight is 353 g/mol. The average Bonchev–Trinajstić information content (AvgIpc) is 2.92. The molecule has 1 heterocycles. The Morgan fingerprint density at radius 1 is 1.33 bits per heavy atom. The Morgan fingerprint density at radius 2 is 2.12 bits per heavy atom. The predicted octanol–water partition coefficient (Wildman–Crippen LogP) is 3.26. The van der Waals surface area contributed by atoms with Crippen LogP contribution in [0.5, 0.6) is 0 Å². The van der Waals surface area contributed by atoms with Crippen LogP contribution in [0.1, 0.15) is 35.0 Å². The van der Waals surface area contributed by atoms with Gasteiger partial charge in [-0.3, -0.25) is 9.59 Å². The van der Waals surface area contributed by atoms with E-state index in [0.29, 0.717) is 40.1 Å². The van der Waals surface area contributed by atoms with Gasteiger partial charge in [-0.1, -0.05) is 6.07 Å². The molecule has 0 aliphatic carbocycles. The van der Waals surface area contributed by atoms with E-state index >= 15 is 0 Å². The third-order valence-electron chi connectivity index (χ3n) is 3.41. The summed E-state index contributed by atoms with van der Waals surface area (Å²) in [6.45, 7) is 2.60. The van der Waals surface area contributed by atoms with E-state index in [1.807, 2.05) is 0 Å². The van der Waals surface area contributed by atoms with Crippen molar-refractivity contribution < 1.29 is 23.5 Å². The van der Waals surface area contributed by atoms with Gasteiger partial charge in [-0.25, -0.2) is 4.39 Å². The molecule has 2 rings (SSSR count). The first-order valence-electron chi connectivity index (χ1n) is 7.71. The summed E-state index contributed by atoms with van der Waals surface area (Å²) in [6, 6.07) is 4.76. The molecule has 7 heteroatoms. The first kappa shape index (κ1) is 18.4. The second-order valence-electron chi connectivity index (χ2n) is 5.12. The Balaban J connectivity index is 2.07. The Hall–Kier alpha value is -1.99. The number of carbonyl (C=O) groups is 2. The fourth-order valence-electron chi connectivity index (χ4n) is 2.38. The van der Waals surface area contributed by atoms with Crippen LogP contribution in [-0.4, -0.2) is 32.1 Å². The number of amides is 1. The second kappa shape index (κ2) is 8.75. The van der Waals surface area contributed by atoms with Gasteiger partial charge in [0.05, 0.1) is 18.1 Å². The van der Waals surface area contributed by atoms with Gasteiger partial charge >= 0.3 is 5.97 Å². The smallest absolute Gasteiger partial charge is 0.305 e. The summed E-state index contributed by atoms with van der Waals surface area (Å²) in [6.07, 6.45) is 0.740. The SMILES string of the molecule is CCOC(=O)CCCNC(=O)c1sc2cccc(F)c2c1COC. The van der Waals surface area contributed by atoms with Gasteiger partial charge < -0.3 is 14.8 Å². The van der Waals surface area contributed by atoms with Crippen molar-refractivity contribution in [3.8, 4) is 0 Å². The molecule has 1 amide bonds. The van der Waals surface area contributed by atoms with Crippen LogP contribution < -0.4 is 5.32 Å². The van der Waals surface area contributed by atoms with E-state index in [4.69, 9.17) is 9.47 Å². The Kier molecular flexibility index (Phi) is 6.69. The van der Waals surface area contributed by atoms with Gasteiger partial charge in [-0.15, -0.1) is 11.3 Å². The lowest BCUT2D eigenvalue weighted by molar-refractivity contribution is -0.143. The van der Waals surface area contributed by atoms with Crippen molar-refractivity contribution in [2.45, 2.75) is 26.4 Å². The zero-order chi connectivity index (χ0) is 17.5. The van der Waals surface area contributed by atoms with Crippen molar-refractivity contribution in [2.75, 3.05) is 20.3 Å². The lowest BCUT2D eigenvalue weighted by atomic mass is 10.1. The normalized spacial score (nSPS) is 10.8. The van der Waals surface area contributed by atoms with E-state index in [2.05, 4.69) is 5.32 Å². The number of hydrogen-bond donors (Lipinski definition) is 1. The maximum atomic E-state index is 14.1. The van der Waals surface area contributed by atoms with Gasteiger partial charge in [0, 0.05) is 35.7 Å². The summed E-state index contributed by atoms with van der Waals surface area (Å²) >= 11 is 1.23. The molecule has 2 aromatic rings. The molecule has 0 aliphatic heterocycles. The van der Waals surface area contributed by atoms with Crippen LogP contribution in [-0.2, 0) is 20.9 Å². The minimum atomic E-state index is -0.364. The molecule has 0 bridgehead atoms. The molecule has 0 unspecified atom stereocenters. The monoisotopic (exact) mass is 353 g/mol. The van der Waals surface area contributed by atoms with Crippen LogP contribution in [0.4, 0.5) is 4.39 Å². The van der Waals surface area contributed by atoms with Crippen molar-refractivity contribution >= 4 is 33.3 Å². The van der Waals surface area contributed by atoms with Gasteiger partial charge in [-0.2, -0.15) is 0 Å². The zero-order valence-electron chi connectivity index (χ0n) is 13.7. The fraction of sp³-hybridized carbons (Fsp3) is 0.412. The number of ether oxygens (including phenoxy) is 2. The molecule has 0 saturated carbocycles. The Bertz CT molecular complexity index is 729. The minimum Gasteiger partial charge on any atom is -0.466 e. The highest BCUT2D eigenvalue weighted by atomic mass is 32.1. The van der Waals surface area contributed by atoms with Gasteiger partial charge in [0.15, 0.2) is 0 Å². The number of halogens is 1. The van der Waals surface area contributed by atoms with Crippen molar-refractivity contribution in [1.82, 2.24) is 5.32 Å². The van der Waals surface area contributed by atoms with Gasteiger partial charge in [-0.05, 0) is 25.5 Å². The molecule has 0 atom stereocenters. The number of hydrogen-bond acceptors (Lipinski definition) is 5. The maximum absolute atomic E-state index is 14.1. The summed E-state index contributed by atoms with van der Waals surface area (Å²) in [5, 5.41) is 3.19.